The van der Waals surface area contributed by atoms with E-state index in [0.717, 1.165) is 31.2 Å². The molecule has 1 aromatic rings. The summed E-state index contributed by atoms with van der Waals surface area (Å²) in [4.78, 5) is 8.59. The van der Waals surface area contributed by atoms with Crippen LogP contribution in [-0.2, 0) is 17.9 Å². The number of thiazole rings is 1. The summed E-state index contributed by atoms with van der Waals surface area (Å²) >= 11 is 1.83. The smallest absolute Gasteiger partial charge is 0.185 e. The van der Waals surface area contributed by atoms with E-state index >= 15 is 0 Å². The van der Waals surface area contributed by atoms with E-state index in [1.807, 2.05) is 11.3 Å². The molecule has 1 aromatic heterocycles. The number of anilines is 1. The molecule has 1 saturated heterocycles. The molecule has 1 aliphatic heterocycles. The number of nitrogens with one attached hydrogen (secondary N) is 1. The van der Waals surface area contributed by atoms with Crippen molar-refractivity contribution in [3.8, 4) is 0 Å². The molecule has 1 aliphatic rings. The summed E-state index contributed by atoms with van der Waals surface area (Å²) in [7, 11) is 1.74. The fourth-order valence-electron chi connectivity index (χ4n) is 2.78. The first kappa shape index (κ1) is 15.7. The number of hydrogen-bond donors (Lipinski definition) is 1. The van der Waals surface area contributed by atoms with Crippen molar-refractivity contribution in [1.29, 1.82) is 0 Å². The van der Waals surface area contributed by atoms with Gasteiger partial charge in [-0.1, -0.05) is 20.3 Å². The van der Waals surface area contributed by atoms with E-state index in [1.54, 1.807) is 7.11 Å². The highest BCUT2D eigenvalue weighted by Crippen LogP contribution is 2.32. The predicted octanol–water partition coefficient (Wildman–Crippen LogP) is 3.03. The molecule has 20 heavy (non-hydrogen) atoms. The quantitative estimate of drug-likeness (QED) is 0.800. The molecule has 114 valence electrons. The molecule has 5 heteroatoms. The second kappa shape index (κ2) is 7.96. The van der Waals surface area contributed by atoms with E-state index in [-0.39, 0.29) is 0 Å². The Morgan fingerprint density at radius 3 is 3.00 bits per heavy atom. The van der Waals surface area contributed by atoms with Crippen LogP contribution in [0, 0.1) is 5.92 Å². The molecular formula is C15H27N3OS. The Labute approximate surface area is 126 Å². The zero-order valence-corrected chi connectivity index (χ0v) is 13.8. The lowest BCUT2D eigenvalue weighted by atomic mass is 10.0. The zero-order valence-electron chi connectivity index (χ0n) is 12.9. The molecule has 2 rings (SSSR count). The molecule has 2 heterocycles. The van der Waals surface area contributed by atoms with Crippen LogP contribution in [0.3, 0.4) is 0 Å². The van der Waals surface area contributed by atoms with Gasteiger partial charge in [-0.15, -0.1) is 11.3 Å². The number of ether oxygens (including phenoxy) is 1. The summed E-state index contributed by atoms with van der Waals surface area (Å²) in [5.41, 5.74) is 1.10. The highest BCUT2D eigenvalue weighted by Gasteiger charge is 2.25. The van der Waals surface area contributed by atoms with Crippen molar-refractivity contribution in [2.24, 2.45) is 5.92 Å². The van der Waals surface area contributed by atoms with Gasteiger partial charge in [-0.05, 0) is 25.3 Å². The summed E-state index contributed by atoms with van der Waals surface area (Å²) in [5.74, 6) is 0.854. The Hall–Kier alpha value is -0.650. The molecule has 1 fully saturated rings. The Bertz CT molecular complexity index is 408. The lowest BCUT2D eigenvalue weighted by molar-refractivity contribution is 0.181. The van der Waals surface area contributed by atoms with Crippen LogP contribution < -0.4 is 10.2 Å². The number of aromatic nitrogens is 1. The number of nitrogens with zero attached hydrogens (tertiary/aromatic N) is 2. The van der Waals surface area contributed by atoms with Gasteiger partial charge < -0.3 is 15.0 Å². The van der Waals surface area contributed by atoms with E-state index in [1.165, 1.54) is 35.8 Å². The van der Waals surface area contributed by atoms with Crippen molar-refractivity contribution in [3.05, 3.63) is 10.6 Å². The minimum absolute atomic E-state index is 0.615. The Morgan fingerprint density at radius 1 is 1.45 bits per heavy atom. The molecule has 0 aromatic carbocycles. The first-order chi connectivity index (χ1) is 9.78. The lowest BCUT2D eigenvalue weighted by Gasteiger charge is -2.14. The van der Waals surface area contributed by atoms with Gasteiger partial charge in [0, 0.05) is 31.6 Å². The number of hydrogen-bond acceptors (Lipinski definition) is 5. The van der Waals surface area contributed by atoms with Gasteiger partial charge in [-0.2, -0.15) is 0 Å². The third-order valence-electron chi connectivity index (χ3n) is 3.84. The van der Waals surface area contributed by atoms with Crippen LogP contribution in [0.25, 0.3) is 0 Å². The molecule has 0 bridgehead atoms. The molecule has 0 radical (unpaired) electrons. The Morgan fingerprint density at radius 2 is 2.30 bits per heavy atom. The van der Waals surface area contributed by atoms with Crippen LogP contribution in [0.15, 0.2) is 0 Å². The third-order valence-corrected chi connectivity index (χ3v) is 5.00. The summed E-state index contributed by atoms with van der Waals surface area (Å²) in [5, 5.41) is 4.58. The fourth-order valence-corrected chi connectivity index (χ4v) is 3.85. The highest BCUT2D eigenvalue weighted by molar-refractivity contribution is 7.15. The van der Waals surface area contributed by atoms with Crippen LogP contribution in [0.2, 0.25) is 0 Å². The molecule has 1 unspecified atom stereocenters. The first-order valence-corrected chi connectivity index (χ1v) is 8.53. The van der Waals surface area contributed by atoms with Gasteiger partial charge >= 0.3 is 0 Å². The van der Waals surface area contributed by atoms with Gasteiger partial charge in [0.05, 0.1) is 12.3 Å². The Kier molecular flexibility index (Phi) is 6.26. The van der Waals surface area contributed by atoms with Crippen molar-refractivity contribution in [1.82, 2.24) is 10.3 Å². The standard InChI is InChI=1S/C15H27N3OS/c1-4-6-12-7-8-18(10-12)15-17-13(11-19-3)14(20-15)9-16-5-2/h12,16H,4-11H2,1-3H3. The molecule has 4 nitrogen and oxygen atoms in total. The first-order valence-electron chi connectivity index (χ1n) is 7.71. The molecule has 0 spiro atoms. The van der Waals surface area contributed by atoms with Crippen molar-refractivity contribution >= 4 is 16.5 Å². The van der Waals surface area contributed by atoms with Crippen LogP contribution in [0.4, 0.5) is 5.13 Å². The molecule has 1 N–H and O–H groups in total. The minimum atomic E-state index is 0.615. The van der Waals surface area contributed by atoms with Gasteiger partial charge in [0.15, 0.2) is 5.13 Å². The second-order valence-electron chi connectivity index (χ2n) is 5.47. The van der Waals surface area contributed by atoms with Gasteiger partial charge in [0.25, 0.3) is 0 Å². The maximum absolute atomic E-state index is 5.28. The molecule has 0 saturated carbocycles. The van der Waals surface area contributed by atoms with E-state index in [9.17, 15) is 0 Å². The summed E-state index contributed by atoms with van der Waals surface area (Å²) in [6.07, 6.45) is 3.95. The van der Waals surface area contributed by atoms with Crippen LogP contribution in [-0.4, -0.2) is 31.7 Å². The van der Waals surface area contributed by atoms with E-state index in [0.29, 0.717) is 6.61 Å². The zero-order chi connectivity index (χ0) is 14.4. The summed E-state index contributed by atoms with van der Waals surface area (Å²) in [6.45, 7) is 9.25. The van der Waals surface area contributed by atoms with Crippen molar-refractivity contribution in [2.75, 3.05) is 31.6 Å². The van der Waals surface area contributed by atoms with E-state index in [4.69, 9.17) is 9.72 Å². The lowest BCUT2D eigenvalue weighted by Crippen LogP contribution is -2.19. The topological polar surface area (TPSA) is 37.4 Å². The number of rotatable bonds is 8. The van der Waals surface area contributed by atoms with Gasteiger partial charge in [0.1, 0.15) is 0 Å². The maximum Gasteiger partial charge on any atom is 0.185 e. The van der Waals surface area contributed by atoms with Gasteiger partial charge in [-0.25, -0.2) is 4.98 Å². The van der Waals surface area contributed by atoms with Crippen LogP contribution in [0.5, 0.6) is 0 Å². The van der Waals surface area contributed by atoms with Gasteiger partial charge in [0.2, 0.25) is 0 Å². The molecule has 1 atom stereocenters. The van der Waals surface area contributed by atoms with E-state index < -0.39 is 0 Å². The average molecular weight is 297 g/mol. The largest absolute Gasteiger partial charge is 0.378 e. The number of methoxy groups -OCH3 is 1. The van der Waals surface area contributed by atoms with Crippen LogP contribution in [0.1, 0.15) is 43.7 Å². The monoisotopic (exact) mass is 297 g/mol. The summed E-state index contributed by atoms with van der Waals surface area (Å²) in [6, 6.07) is 0. The molecular weight excluding hydrogens is 270 g/mol. The minimum Gasteiger partial charge on any atom is -0.378 e. The maximum atomic E-state index is 5.28. The fraction of sp³-hybridized carbons (Fsp3) is 0.800. The van der Waals surface area contributed by atoms with Crippen LogP contribution >= 0.6 is 11.3 Å². The van der Waals surface area contributed by atoms with Crippen molar-refractivity contribution in [3.63, 3.8) is 0 Å². The van der Waals surface area contributed by atoms with E-state index in [2.05, 4.69) is 24.1 Å². The molecule has 0 amide bonds. The van der Waals surface area contributed by atoms with Crippen molar-refractivity contribution < 1.29 is 4.74 Å². The van der Waals surface area contributed by atoms with Crippen molar-refractivity contribution in [2.45, 2.75) is 46.3 Å². The second-order valence-corrected chi connectivity index (χ2v) is 6.53. The SMILES string of the molecule is CCCC1CCN(c2nc(COC)c(CNCC)s2)C1. The predicted molar refractivity (Wildman–Crippen MR) is 85.4 cm³/mol. The van der Waals surface area contributed by atoms with Gasteiger partial charge in [-0.3, -0.25) is 0 Å². The third kappa shape index (κ3) is 3.93. The normalized spacial score (nSPS) is 18.9. The summed E-state index contributed by atoms with van der Waals surface area (Å²) < 4.78 is 5.28. The average Bonchev–Trinajstić information content (AvgIpc) is 3.04. The molecule has 0 aliphatic carbocycles. The Balaban J connectivity index is 2.04. The highest BCUT2D eigenvalue weighted by atomic mass is 32.1.